The number of hydrogen-bond acceptors (Lipinski definition) is 9. The van der Waals surface area contributed by atoms with E-state index in [-0.39, 0.29) is 40.5 Å². The molecule has 46 heavy (non-hydrogen) atoms. The second-order valence-corrected chi connectivity index (χ2v) is 22.9. The van der Waals surface area contributed by atoms with E-state index in [1.54, 1.807) is 37.4 Å². The average Bonchev–Trinajstić information content (AvgIpc) is 3.30. The van der Waals surface area contributed by atoms with Crippen LogP contribution in [-0.2, 0) is 22.4 Å². The van der Waals surface area contributed by atoms with Gasteiger partial charge in [-0.3, -0.25) is 9.36 Å². The average molecular weight is 675 g/mol. The van der Waals surface area contributed by atoms with Gasteiger partial charge < -0.3 is 32.7 Å². The number of anilines is 1. The molecule has 0 saturated carbocycles. The van der Waals surface area contributed by atoms with Crippen LogP contribution in [0.1, 0.15) is 77.5 Å². The van der Waals surface area contributed by atoms with Crippen molar-refractivity contribution in [3.63, 3.8) is 0 Å². The van der Waals surface area contributed by atoms with E-state index in [0.29, 0.717) is 24.3 Å². The Labute approximate surface area is 276 Å². The van der Waals surface area contributed by atoms with E-state index in [9.17, 15) is 9.59 Å². The van der Waals surface area contributed by atoms with Crippen LogP contribution < -0.4 is 11.0 Å². The summed E-state index contributed by atoms with van der Waals surface area (Å²) in [5.74, 6) is -0.140. The van der Waals surface area contributed by atoms with Gasteiger partial charge in [-0.1, -0.05) is 73.6 Å². The molecular formula is C33H54N4O7Si2. The van der Waals surface area contributed by atoms with Crippen LogP contribution in [0.25, 0.3) is 0 Å². The van der Waals surface area contributed by atoms with E-state index in [0.717, 1.165) is 0 Å². The molecule has 0 spiro atoms. The maximum Gasteiger partial charge on any atom is 0.351 e. The van der Waals surface area contributed by atoms with Crippen molar-refractivity contribution in [2.24, 2.45) is 0 Å². The maximum atomic E-state index is 13.7. The van der Waals surface area contributed by atoms with Crippen LogP contribution in [-0.4, -0.2) is 89.6 Å². The van der Waals surface area contributed by atoms with E-state index in [2.05, 4.69) is 65.7 Å². The number of rotatable bonds is 11. The molecule has 0 radical (unpaired) electrons. The van der Waals surface area contributed by atoms with Crippen molar-refractivity contribution in [1.29, 1.82) is 0 Å². The number of fused-ring (bicyclic) bond motifs is 1. The van der Waals surface area contributed by atoms with Crippen LogP contribution in [0.4, 0.5) is 5.82 Å². The Kier molecular flexibility index (Phi) is 11.9. The number of amides is 1. The van der Waals surface area contributed by atoms with Gasteiger partial charge >= 0.3 is 22.8 Å². The highest BCUT2D eigenvalue weighted by atomic mass is 28.5. The predicted octanol–water partition coefficient (Wildman–Crippen LogP) is 5.60. The fourth-order valence-electron chi connectivity index (χ4n) is 6.54. The summed E-state index contributed by atoms with van der Waals surface area (Å²) in [6.07, 6.45) is -0.790. The molecule has 3 heterocycles. The first-order valence-corrected chi connectivity index (χ1v) is 20.5. The summed E-state index contributed by atoms with van der Waals surface area (Å²) in [5, 5.41) is 2.78. The van der Waals surface area contributed by atoms with E-state index in [1.807, 2.05) is 25.1 Å². The molecule has 13 heteroatoms. The second-order valence-electron chi connectivity index (χ2n) is 14.0. The van der Waals surface area contributed by atoms with Crippen molar-refractivity contribution in [1.82, 2.24) is 14.5 Å². The van der Waals surface area contributed by atoms with Gasteiger partial charge in [-0.15, -0.1) is 0 Å². The molecule has 2 aliphatic heterocycles. The van der Waals surface area contributed by atoms with Crippen molar-refractivity contribution < 1.29 is 27.2 Å². The lowest BCUT2D eigenvalue weighted by Gasteiger charge is -2.51. The molecule has 4 rings (SSSR count). The predicted molar refractivity (Wildman–Crippen MR) is 184 cm³/mol. The lowest BCUT2D eigenvalue weighted by molar-refractivity contribution is -0.0747. The number of aromatic nitrogens is 2. The Balaban J connectivity index is 1.76. The van der Waals surface area contributed by atoms with Crippen molar-refractivity contribution in [2.45, 2.75) is 109 Å². The number of likely N-dealkylation sites (N-methyl/N-ethyl adjacent to an activating group) is 1. The Morgan fingerprint density at radius 2 is 1.63 bits per heavy atom. The molecule has 2 fully saturated rings. The zero-order valence-corrected chi connectivity index (χ0v) is 31.4. The highest BCUT2D eigenvalue weighted by molar-refractivity contribution is 6.84. The van der Waals surface area contributed by atoms with Gasteiger partial charge in [0.05, 0.1) is 13.2 Å². The number of hydrogen-bond donors (Lipinski definition) is 1. The van der Waals surface area contributed by atoms with E-state index in [1.165, 1.54) is 4.57 Å². The van der Waals surface area contributed by atoms with E-state index < -0.39 is 47.4 Å². The molecule has 1 N–H and O–H groups in total. The zero-order valence-electron chi connectivity index (χ0n) is 29.4. The standard InChI is InChI=1S/C33H54N4O7Si2/c1-21(2)45(22(3)4)41-20-27-28(43-46(44-45,23(5)6)24(7)8)29(40-18-17-36(10)11)32(42-27)37-19-25(9)30(35-33(37)39)34-31(38)26-15-13-12-14-16-26/h12-16,19,21-24,27-29,32H,17-18,20H2,1-11H3,(H,34,35,38,39)/t27-,28-,29-,32-/m1/s1. The summed E-state index contributed by atoms with van der Waals surface area (Å²) < 4.78 is 36.4. The van der Waals surface area contributed by atoms with Crippen molar-refractivity contribution >= 4 is 28.8 Å². The normalized spacial score (nSPS) is 24.4. The van der Waals surface area contributed by atoms with Crippen LogP contribution in [0, 0.1) is 6.92 Å². The van der Waals surface area contributed by atoms with Gasteiger partial charge in [-0.25, -0.2) is 4.79 Å². The van der Waals surface area contributed by atoms with Crippen LogP contribution in [0.3, 0.4) is 0 Å². The van der Waals surface area contributed by atoms with Gasteiger partial charge in [0.1, 0.15) is 24.1 Å². The monoisotopic (exact) mass is 674 g/mol. The van der Waals surface area contributed by atoms with E-state index in [4.69, 9.17) is 22.4 Å². The Hall–Kier alpha value is -2.24. The Morgan fingerprint density at radius 1 is 1.02 bits per heavy atom. The number of ether oxygens (including phenoxy) is 2. The highest BCUT2D eigenvalue weighted by Crippen LogP contribution is 2.48. The van der Waals surface area contributed by atoms with Gasteiger partial charge in [-0.05, 0) is 55.3 Å². The molecule has 4 atom stereocenters. The third-order valence-corrected chi connectivity index (χ3v) is 19.4. The Bertz CT molecular complexity index is 1370. The summed E-state index contributed by atoms with van der Waals surface area (Å²) in [7, 11) is -1.78. The van der Waals surface area contributed by atoms with E-state index >= 15 is 0 Å². The lowest BCUT2D eigenvalue weighted by Crippen LogP contribution is -2.66. The molecule has 0 aliphatic carbocycles. The first-order chi connectivity index (χ1) is 21.6. The highest BCUT2D eigenvalue weighted by Gasteiger charge is 2.62. The van der Waals surface area contributed by atoms with Crippen LogP contribution >= 0.6 is 0 Å². The number of nitrogens with one attached hydrogen (secondary N) is 1. The fraction of sp³-hybridized carbons (Fsp3) is 0.667. The van der Waals surface area contributed by atoms with Crippen LogP contribution in [0.5, 0.6) is 0 Å². The second kappa shape index (κ2) is 14.9. The molecular weight excluding hydrogens is 621 g/mol. The molecule has 256 valence electrons. The quantitative estimate of drug-likeness (QED) is 0.304. The molecule has 2 aliphatic rings. The number of aryl methyl sites for hydroxylation is 1. The van der Waals surface area contributed by atoms with Crippen LogP contribution in [0.2, 0.25) is 22.2 Å². The first-order valence-electron chi connectivity index (χ1n) is 16.5. The third kappa shape index (κ3) is 7.41. The van der Waals surface area contributed by atoms with Crippen molar-refractivity contribution in [3.05, 3.63) is 58.1 Å². The summed E-state index contributed by atoms with van der Waals surface area (Å²) in [4.78, 5) is 32.9. The Morgan fingerprint density at radius 3 is 2.20 bits per heavy atom. The minimum atomic E-state index is -2.97. The molecule has 1 aromatic carbocycles. The molecule has 1 amide bonds. The summed E-state index contributed by atoms with van der Waals surface area (Å²) in [6, 6.07) is 8.82. The molecule has 1 aromatic heterocycles. The summed E-state index contributed by atoms with van der Waals surface area (Å²) >= 11 is 0. The fourth-order valence-corrected chi connectivity index (χ4v) is 17.7. The van der Waals surface area contributed by atoms with Gasteiger partial charge in [0, 0.05) is 23.9 Å². The van der Waals surface area contributed by atoms with Crippen LogP contribution in [0.15, 0.2) is 41.3 Å². The molecule has 0 bridgehead atoms. The summed E-state index contributed by atoms with van der Waals surface area (Å²) in [5.41, 5.74) is 1.16. The summed E-state index contributed by atoms with van der Waals surface area (Å²) in [6.45, 7) is 20.6. The minimum Gasteiger partial charge on any atom is -0.414 e. The molecule has 11 nitrogen and oxygen atoms in total. The molecule has 0 unspecified atom stereocenters. The van der Waals surface area contributed by atoms with Gasteiger partial charge in [0.15, 0.2) is 6.23 Å². The first kappa shape index (κ1) is 36.6. The smallest absolute Gasteiger partial charge is 0.351 e. The number of carbonyl (C=O) groups is 1. The number of carbonyl (C=O) groups excluding carboxylic acids is 1. The minimum absolute atomic E-state index is 0.125. The molecule has 2 aromatic rings. The topological polar surface area (TPSA) is 113 Å². The van der Waals surface area contributed by atoms with Crippen molar-refractivity contribution in [2.75, 3.05) is 39.2 Å². The molecule has 2 saturated heterocycles. The largest absolute Gasteiger partial charge is 0.414 e. The van der Waals surface area contributed by atoms with Gasteiger partial charge in [-0.2, -0.15) is 4.98 Å². The van der Waals surface area contributed by atoms with Crippen molar-refractivity contribution in [3.8, 4) is 0 Å². The number of benzene rings is 1. The SMILES string of the molecule is Cc1cn([C@@H]2O[C@@H]3CO[Si](C(C)C)(C(C)C)O[Si](C(C)C)(C(C)C)O[C@H]3[C@H]2OCCN(C)C)c(=O)nc1NC(=O)c1ccccc1. The number of nitrogens with zero attached hydrogens (tertiary/aromatic N) is 3. The van der Waals surface area contributed by atoms with Gasteiger partial charge in [0.2, 0.25) is 0 Å². The zero-order chi connectivity index (χ0) is 34.0. The third-order valence-electron chi connectivity index (χ3n) is 9.14. The maximum absolute atomic E-state index is 13.7. The lowest BCUT2D eigenvalue weighted by atomic mass is 10.1. The van der Waals surface area contributed by atoms with Gasteiger partial charge in [0.25, 0.3) is 5.91 Å².